The molecule has 2 aliphatic heterocycles. The van der Waals surface area contributed by atoms with Crippen LogP contribution in [0, 0.1) is 18.6 Å². The second-order valence-corrected chi connectivity index (χ2v) is 8.56. The lowest BCUT2D eigenvalue weighted by atomic mass is 9.85. The van der Waals surface area contributed by atoms with Crippen molar-refractivity contribution in [1.29, 1.82) is 0 Å². The Balaban J connectivity index is 1.37. The lowest BCUT2D eigenvalue weighted by Crippen LogP contribution is -2.39. The lowest BCUT2D eigenvalue weighted by molar-refractivity contribution is -0.129. The van der Waals surface area contributed by atoms with Crippen molar-refractivity contribution in [3.63, 3.8) is 0 Å². The lowest BCUT2D eigenvalue weighted by Gasteiger charge is -2.35. The van der Waals surface area contributed by atoms with Crippen LogP contribution in [-0.2, 0) is 4.79 Å². The van der Waals surface area contributed by atoms with E-state index in [2.05, 4.69) is 10.3 Å². The number of rotatable bonds is 3. The molecular formula is C24H23F2N3O2. The van der Waals surface area contributed by atoms with E-state index in [4.69, 9.17) is 0 Å². The number of fused-ring (bicyclic) bond motifs is 2. The first kappa shape index (κ1) is 19.7. The average Bonchev–Trinajstić information content (AvgIpc) is 3.35. The van der Waals surface area contributed by atoms with Gasteiger partial charge in [0.1, 0.15) is 17.3 Å². The summed E-state index contributed by atoms with van der Waals surface area (Å²) in [5, 5.41) is 3.08. The van der Waals surface area contributed by atoms with Gasteiger partial charge in [-0.3, -0.25) is 9.59 Å². The molecule has 2 saturated heterocycles. The smallest absolute Gasteiger partial charge is 0.272 e. The zero-order valence-corrected chi connectivity index (χ0v) is 17.2. The molecule has 0 spiro atoms. The van der Waals surface area contributed by atoms with Crippen LogP contribution in [0.5, 0.6) is 0 Å². The highest BCUT2D eigenvalue weighted by Gasteiger charge is 2.36. The third-order valence-corrected chi connectivity index (χ3v) is 6.57. The number of nitrogens with one attached hydrogen (secondary N) is 2. The molecule has 2 fully saturated rings. The maximum atomic E-state index is 14.4. The minimum atomic E-state index is -0.456. The maximum Gasteiger partial charge on any atom is 0.272 e. The number of carbonyl (C=O) groups is 2. The monoisotopic (exact) mass is 423 g/mol. The molecule has 3 heterocycles. The second kappa shape index (κ2) is 7.48. The molecule has 7 heteroatoms. The van der Waals surface area contributed by atoms with Gasteiger partial charge in [-0.1, -0.05) is 6.07 Å². The number of benzene rings is 2. The first-order valence-electron chi connectivity index (χ1n) is 10.6. The summed E-state index contributed by atoms with van der Waals surface area (Å²) in [6.07, 6.45) is 3.03. The summed E-state index contributed by atoms with van der Waals surface area (Å²) in [5.74, 6) is -0.927. The van der Waals surface area contributed by atoms with Crippen LogP contribution < -0.4 is 5.32 Å². The van der Waals surface area contributed by atoms with E-state index < -0.39 is 17.5 Å². The van der Waals surface area contributed by atoms with Crippen LogP contribution in [0.1, 0.15) is 53.2 Å². The molecule has 2 amide bonds. The van der Waals surface area contributed by atoms with Gasteiger partial charge in [-0.05, 0) is 73.6 Å². The van der Waals surface area contributed by atoms with Crippen molar-refractivity contribution in [3.05, 3.63) is 64.9 Å². The predicted octanol–water partition coefficient (Wildman–Crippen LogP) is 4.88. The summed E-state index contributed by atoms with van der Waals surface area (Å²) in [5.41, 5.74) is 2.81. The third kappa shape index (κ3) is 3.58. The molecule has 0 radical (unpaired) electrons. The van der Waals surface area contributed by atoms with Crippen LogP contribution in [0.4, 0.5) is 14.5 Å². The van der Waals surface area contributed by atoms with E-state index in [1.807, 2.05) is 11.8 Å². The quantitative estimate of drug-likeness (QED) is 0.631. The zero-order valence-electron chi connectivity index (χ0n) is 17.2. The van der Waals surface area contributed by atoms with Crippen LogP contribution in [-0.4, -0.2) is 34.3 Å². The van der Waals surface area contributed by atoms with Gasteiger partial charge in [-0.2, -0.15) is 0 Å². The number of carbonyl (C=O) groups excluding carboxylic acids is 2. The van der Waals surface area contributed by atoms with Crippen molar-refractivity contribution in [2.75, 3.05) is 11.9 Å². The van der Waals surface area contributed by atoms with Gasteiger partial charge in [0.2, 0.25) is 5.91 Å². The van der Waals surface area contributed by atoms with Crippen molar-refractivity contribution in [2.45, 2.75) is 44.6 Å². The van der Waals surface area contributed by atoms with E-state index >= 15 is 0 Å². The van der Waals surface area contributed by atoms with E-state index in [0.29, 0.717) is 29.6 Å². The Morgan fingerprint density at radius 1 is 1.16 bits per heavy atom. The first-order chi connectivity index (χ1) is 14.9. The number of anilines is 1. The molecule has 1 unspecified atom stereocenters. The summed E-state index contributed by atoms with van der Waals surface area (Å²) >= 11 is 0. The van der Waals surface area contributed by atoms with E-state index in [-0.39, 0.29) is 23.6 Å². The normalized spacial score (nSPS) is 20.9. The molecule has 1 aromatic heterocycles. The Labute approximate surface area is 178 Å². The summed E-state index contributed by atoms with van der Waals surface area (Å²) in [7, 11) is 0. The summed E-state index contributed by atoms with van der Waals surface area (Å²) in [6, 6.07) is 9.30. The summed E-state index contributed by atoms with van der Waals surface area (Å²) in [4.78, 5) is 29.6. The van der Waals surface area contributed by atoms with Crippen LogP contribution in [0.15, 0.2) is 36.4 Å². The molecule has 0 aliphatic carbocycles. The predicted molar refractivity (Wildman–Crippen MR) is 114 cm³/mol. The van der Waals surface area contributed by atoms with Crippen molar-refractivity contribution in [2.24, 2.45) is 0 Å². The molecule has 0 saturated carbocycles. The maximum absolute atomic E-state index is 14.4. The molecule has 5 nitrogen and oxygen atoms in total. The van der Waals surface area contributed by atoms with E-state index in [1.54, 1.807) is 12.1 Å². The number of piperidine rings is 1. The highest BCUT2D eigenvalue weighted by Crippen LogP contribution is 2.37. The molecule has 2 N–H and O–H groups in total. The molecule has 160 valence electrons. The number of aromatic amines is 1. The summed E-state index contributed by atoms with van der Waals surface area (Å²) in [6.45, 7) is 2.52. The fourth-order valence-electron chi connectivity index (χ4n) is 4.96. The molecule has 31 heavy (non-hydrogen) atoms. The van der Waals surface area contributed by atoms with Crippen molar-refractivity contribution in [1.82, 2.24) is 9.88 Å². The Morgan fingerprint density at radius 3 is 2.81 bits per heavy atom. The van der Waals surface area contributed by atoms with Gasteiger partial charge >= 0.3 is 0 Å². The van der Waals surface area contributed by atoms with Crippen LogP contribution in [0.3, 0.4) is 0 Å². The van der Waals surface area contributed by atoms with Crippen molar-refractivity contribution in [3.8, 4) is 0 Å². The topological polar surface area (TPSA) is 65.2 Å². The molecule has 3 aromatic rings. The molecule has 2 aliphatic rings. The van der Waals surface area contributed by atoms with Crippen molar-refractivity contribution >= 4 is 28.4 Å². The molecule has 0 bridgehead atoms. The van der Waals surface area contributed by atoms with Gasteiger partial charge in [0.05, 0.1) is 5.52 Å². The minimum absolute atomic E-state index is 0.142. The van der Waals surface area contributed by atoms with Gasteiger partial charge < -0.3 is 15.2 Å². The number of nitrogens with zero attached hydrogens (tertiary/aromatic N) is 1. The summed E-state index contributed by atoms with van der Waals surface area (Å²) < 4.78 is 28.4. The van der Waals surface area contributed by atoms with E-state index in [9.17, 15) is 18.4 Å². The number of halogens is 2. The van der Waals surface area contributed by atoms with Crippen molar-refractivity contribution < 1.29 is 18.4 Å². The third-order valence-electron chi connectivity index (χ3n) is 6.57. The largest absolute Gasteiger partial charge is 0.350 e. The average molecular weight is 423 g/mol. The second-order valence-electron chi connectivity index (χ2n) is 8.56. The molecule has 2 atom stereocenters. The fourth-order valence-corrected chi connectivity index (χ4v) is 4.96. The minimum Gasteiger partial charge on any atom is -0.350 e. The Kier molecular flexibility index (Phi) is 4.76. The standard InChI is InChI=1S/C24H23F2N3O2/c1-13-2-4-20(26)19-12-21(28-23(13)19)24(31)27-17-9-15(8-16(25)11-17)14-6-7-29-18(10-14)3-5-22(29)30/h2,4,8-9,11-12,14,18,28H,3,5-7,10H2,1H3,(H,27,31)/t14?,18-/m0/s1. The highest BCUT2D eigenvalue weighted by atomic mass is 19.1. The van der Waals surface area contributed by atoms with Crippen LogP contribution >= 0.6 is 0 Å². The van der Waals surface area contributed by atoms with Crippen LogP contribution in [0.2, 0.25) is 0 Å². The number of hydrogen-bond acceptors (Lipinski definition) is 2. The van der Waals surface area contributed by atoms with E-state index in [0.717, 1.165) is 30.4 Å². The number of hydrogen-bond donors (Lipinski definition) is 2. The number of amides is 2. The van der Waals surface area contributed by atoms with Crippen LogP contribution in [0.25, 0.3) is 10.9 Å². The Morgan fingerprint density at radius 2 is 2.00 bits per heavy atom. The Bertz CT molecular complexity index is 1160. The van der Waals surface area contributed by atoms with E-state index in [1.165, 1.54) is 24.3 Å². The Hall–Kier alpha value is -3.22. The molecular weight excluding hydrogens is 400 g/mol. The van der Waals surface area contributed by atoms with Gasteiger partial charge in [-0.15, -0.1) is 0 Å². The van der Waals surface area contributed by atoms with Gasteiger partial charge in [0.25, 0.3) is 5.91 Å². The highest BCUT2D eigenvalue weighted by molar-refractivity contribution is 6.06. The zero-order chi connectivity index (χ0) is 21.7. The SMILES string of the molecule is Cc1ccc(F)c2cc(C(=O)Nc3cc(F)cc(C4CCN5C(=O)CC[C@H]5C4)c3)[nH]c12. The van der Waals surface area contributed by atoms with Gasteiger partial charge in [-0.25, -0.2) is 8.78 Å². The van der Waals surface area contributed by atoms with Gasteiger partial charge in [0.15, 0.2) is 0 Å². The first-order valence-corrected chi connectivity index (χ1v) is 10.6. The molecule has 2 aromatic carbocycles. The number of aryl methyl sites for hydroxylation is 1. The van der Waals surface area contributed by atoms with Gasteiger partial charge in [0, 0.05) is 30.1 Å². The fraction of sp³-hybridized carbons (Fsp3) is 0.333. The number of aromatic nitrogens is 1. The molecule has 5 rings (SSSR count). The number of H-pyrrole nitrogens is 1.